The fourth-order valence-electron chi connectivity index (χ4n) is 1.51. The minimum Gasteiger partial charge on any atom is -0.492 e. The zero-order valence-corrected chi connectivity index (χ0v) is 12.8. The van der Waals surface area contributed by atoms with E-state index in [9.17, 15) is 8.42 Å². The maximum Gasteiger partial charge on any atom is 0.244 e. The highest BCUT2D eigenvalue weighted by molar-refractivity contribution is 7.98. The molecule has 0 bridgehead atoms. The molecule has 7 heteroatoms. The molecule has 0 spiro atoms. The summed E-state index contributed by atoms with van der Waals surface area (Å²) in [5.41, 5.74) is 6.04. The molecular weight excluding hydrogens is 284 g/mol. The van der Waals surface area contributed by atoms with Crippen LogP contribution in [0.5, 0.6) is 5.75 Å². The molecule has 5 nitrogen and oxygen atoms in total. The van der Waals surface area contributed by atoms with Gasteiger partial charge in [-0.1, -0.05) is 0 Å². The van der Waals surface area contributed by atoms with E-state index < -0.39 is 10.0 Å². The van der Waals surface area contributed by atoms with E-state index in [1.54, 1.807) is 30.8 Å². The molecule has 0 radical (unpaired) electrons. The topological polar surface area (TPSA) is 81.4 Å². The van der Waals surface area contributed by atoms with E-state index in [-0.39, 0.29) is 4.90 Å². The Morgan fingerprint density at radius 1 is 1.42 bits per heavy atom. The predicted octanol–water partition coefficient (Wildman–Crippen LogP) is 1.70. The average molecular weight is 304 g/mol. The van der Waals surface area contributed by atoms with Crippen LogP contribution in [-0.2, 0) is 10.0 Å². The van der Waals surface area contributed by atoms with Gasteiger partial charge in [0, 0.05) is 12.2 Å². The predicted molar refractivity (Wildman–Crippen MR) is 80.2 cm³/mol. The molecule has 0 atom stereocenters. The normalized spacial score (nSPS) is 11.5. The minimum absolute atomic E-state index is 0.0958. The zero-order valence-electron chi connectivity index (χ0n) is 11.2. The van der Waals surface area contributed by atoms with Gasteiger partial charge in [0.1, 0.15) is 10.6 Å². The number of nitrogen functional groups attached to an aromatic ring is 1. The van der Waals surface area contributed by atoms with Gasteiger partial charge < -0.3 is 10.5 Å². The lowest BCUT2D eigenvalue weighted by atomic mass is 10.3. The summed E-state index contributed by atoms with van der Waals surface area (Å²) in [6.45, 7) is 2.61. The summed E-state index contributed by atoms with van der Waals surface area (Å²) in [7, 11) is -3.58. The average Bonchev–Trinajstić information content (AvgIpc) is 2.37. The molecule has 0 aromatic heterocycles. The Morgan fingerprint density at radius 2 is 2.16 bits per heavy atom. The number of hydrogen-bond donors (Lipinski definition) is 2. The molecule has 0 fully saturated rings. The third-order valence-corrected chi connectivity index (χ3v) is 4.55. The van der Waals surface area contributed by atoms with E-state index >= 15 is 0 Å². The van der Waals surface area contributed by atoms with Crippen molar-refractivity contribution in [2.75, 3.05) is 30.9 Å². The van der Waals surface area contributed by atoms with Crippen molar-refractivity contribution in [3.05, 3.63) is 18.2 Å². The third kappa shape index (κ3) is 4.93. The van der Waals surface area contributed by atoms with Gasteiger partial charge in [-0.25, -0.2) is 13.1 Å². The summed E-state index contributed by atoms with van der Waals surface area (Å²) in [4.78, 5) is 0.0958. The van der Waals surface area contributed by atoms with Crippen molar-refractivity contribution < 1.29 is 13.2 Å². The Kier molecular flexibility index (Phi) is 6.47. The van der Waals surface area contributed by atoms with Crippen LogP contribution in [0.15, 0.2) is 23.1 Å². The van der Waals surface area contributed by atoms with Crippen molar-refractivity contribution in [3.8, 4) is 5.75 Å². The Balaban J connectivity index is 2.89. The quantitative estimate of drug-likeness (QED) is 0.564. The van der Waals surface area contributed by atoms with Crippen LogP contribution in [0.3, 0.4) is 0 Å². The van der Waals surface area contributed by atoms with Gasteiger partial charge >= 0.3 is 0 Å². The van der Waals surface area contributed by atoms with E-state index in [1.165, 1.54) is 6.07 Å². The molecule has 0 aliphatic rings. The molecule has 108 valence electrons. The van der Waals surface area contributed by atoms with Crippen molar-refractivity contribution >= 4 is 27.5 Å². The van der Waals surface area contributed by atoms with Crippen LogP contribution in [0.25, 0.3) is 0 Å². The first kappa shape index (κ1) is 16.1. The lowest BCUT2D eigenvalue weighted by Crippen LogP contribution is -2.25. The van der Waals surface area contributed by atoms with Crippen LogP contribution in [0.4, 0.5) is 5.69 Å². The monoisotopic (exact) mass is 304 g/mol. The van der Waals surface area contributed by atoms with Gasteiger partial charge in [0.2, 0.25) is 10.0 Å². The van der Waals surface area contributed by atoms with Gasteiger partial charge in [-0.3, -0.25) is 0 Å². The molecule has 0 aliphatic heterocycles. The van der Waals surface area contributed by atoms with E-state index in [0.717, 1.165) is 12.2 Å². The minimum atomic E-state index is -3.58. The second-order valence-corrected chi connectivity index (χ2v) is 6.60. The molecule has 0 heterocycles. The van der Waals surface area contributed by atoms with Crippen molar-refractivity contribution in [1.82, 2.24) is 4.72 Å². The summed E-state index contributed by atoms with van der Waals surface area (Å²) in [6, 6.07) is 4.62. The Labute approximate surface area is 119 Å². The maximum atomic E-state index is 12.2. The number of nitrogens with two attached hydrogens (primary N) is 1. The highest BCUT2D eigenvalue weighted by Crippen LogP contribution is 2.26. The number of benzene rings is 1. The number of nitrogens with one attached hydrogen (secondary N) is 1. The molecule has 0 saturated carbocycles. The molecular formula is C12H20N2O3S2. The summed E-state index contributed by atoms with van der Waals surface area (Å²) < 4.78 is 32.3. The lowest BCUT2D eigenvalue weighted by molar-refractivity contribution is 0.331. The first-order chi connectivity index (χ1) is 9.01. The summed E-state index contributed by atoms with van der Waals surface area (Å²) >= 11 is 1.68. The van der Waals surface area contributed by atoms with Gasteiger partial charge in [-0.05, 0) is 43.6 Å². The molecule has 0 unspecified atom stereocenters. The molecule has 0 saturated heterocycles. The zero-order chi connectivity index (χ0) is 14.3. The van der Waals surface area contributed by atoms with E-state index in [4.69, 9.17) is 10.5 Å². The second kappa shape index (κ2) is 7.62. The largest absolute Gasteiger partial charge is 0.492 e. The number of hydrogen-bond acceptors (Lipinski definition) is 5. The standard InChI is InChI=1S/C12H20N2O3S2/c1-3-17-11-6-5-10(13)9-12(11)19(15,16)14-7-4-8-18-2/h5-6,9,14H,3-4,7-8,13H2,1-2H3. The molecule has 1 rings (SSSR count). The van der Waals surface area contributed by atoms with Crippen molar-refractivity contribution in [2.24, 2.45) is 0 Å². The van der Waals surface area contributed by atoms with Gasteiger partial charge in [-0.15, -0.1) is 0 Å². The molecule has 0 amide bonds. The van der Waals surface area contributed by atoms with Crippen molar-refractivity contribution in [1.29, 1.82) is 0 Å². The molecule has 1 aromatic carbocycles. The van der Waals surface area contributed by atoms with Gasteiger partial charge in [-0.2, -0.15) is 11.8 Å². The first-order valence-corrected chi connectivity index (χ1v) is 8.90. The maximum absolute atomic E-state index is 12.2. The number of anilines is 1. The molecule has 0 aliphatic carbocycles. The fraction of sp³-hybridized carbons (Fsp3) is 0.500. The number of thioether (sulfide) groups is 1. The summed E-state index contributed by atoms with van der Waals surface area (Å²) in [6.07, 6.45) is 2.77. The number of sulfonamides is 1. The van der Waals surface area contributed by atoms with Gasteiger partial charge in [0.25, 0.3) is 0 Å². The smallest absolute Gasteiger partial charge is 0.244 e. The second-order valence-electron chi connectivity index (χ2n) is 3.88. The molecule has 1 aromatic rings. The van der Waals surface area contributed by atoms with Gasteiger partial charge in [0.05, 0.1) is 6.61 Å². The Morgan fingerprint density at radius 3 is 2.79 bits per heavy atom. The van der Waals surface area contributed by atoms with Crippen LogP contribution in [0.2, 0.25) is 0 Å². The van der Waals surface area contributed by atoms with E-state index in [0.29, 0.717) is 24.6 Å². The Hall–Kier alpha value is -0.920. The summed E-state index contributed by atoms with van der Waals surface area (Å²) in [5.74, 6) is 1.24. The van der Waals surface area contributed by atoms with Crippen LogP contribution < -0.4 is 15.2 Å². The number of rotatable bonds is 8. The Bertz CT molecular complexity index is 504. The van der Waals surface area contributed by atoms with Crippen LogP contribution in [0, 0.1) is 0 Å². The SMILES string of the molecule is CCOc1ccc(N)cc1S(=O)(=O)NCCCSC. The fourth-order valence-corrected chi connectivity index (χ4v) is 3.19. The molecule has 3 N–H and O–H groups in total. The first-order valence-electron chi connectivity index (χ1n) is 6.02. The highest BCUT2D eigenvalue weighted by atomic mass is 32.2. The van der Waals surface area contributed by atoms with Crippen molar-refractivity contribution in [2.45, 2.75) is 18.2 Å². The third-order valence-electron chi connectivity index (χ3n) is 2.37. The van der Waals surface area contributed by atoms with Crippen LogP contribution >= 0.6 is 11.8 Å². The van der Waals surface area contributed by atoms with Crippen LogP contribution in [0.1, 0.15) is 13.3 Å². The summed E-state index contributed by atoms with van der Waals surface area (Å²) in [5, 5.41) is 0. The molecule has 19 heavy (non-hydrogen) atoms. The van der Waals surface area contributed by atoms with Gasteiger partial charge in [0.15, 0.2) is 0 Å². The van der Waals surface area contributed by atoms with Crippen molar-refractivity contribution in [3.63, 3.8) is 0 Å². The van der Waals surface area contributed by atoms with Crippen LogP contribution in [-0.4, -0.2) is 33.6 Å². The van der Waals surface area contributed by atoms with E-state index in [1.807, 2.05) is 6.26 Å². The highest BCUT2D eigenvalue weighted by Gasteiger charge is 2.19. The van der Waals surface area contributed by atoms with E-state index in [2.05, 4.69) is 4.72 Å². The number of ether oxygens (including phenoxy) is 1. The lowest BCUT2D eigenvalue weighted by Gasteiger charge is -2.12.